The van der Waals surface area contributed by atoms with E-state index in [4.69, 9.17) is 4.74 Å². The summed E-state index contributed by atoms with van der Waals surface area (Å²) in [6.45, 7) is 0.575. The van der Waals surface area contributed by atoms with Gasteiger partial charge >= 0.3 is 0 Å². The van der Waals surface area contributed by atoms with Crippen LogP contribution in [0.25, 0.3) is 6.08 Å². The molecule has 0 atom stereocenters. The molecule has 0 bridgehead atoms. The van der Waals surface area contributed by atoms with Crippen LogP contribution < -0.4 is 4.74 Å². The van der Waals surface area contributed by atoms with Gasteiger partial charge in [0.1, 0.15) is 18.6 Å². The molecule has 4 heteroatoms. The summed E-state index contributed by atoms with van der Waals surface area (Å²) in [5, 5.41) is 7.40. The molecular formula is C6H5N3O. The quantitative estimate of drug-likeness (QED) is 0.512. The van der Waals surface area contributed by atoms with Gasteiger partial charge in [-0.25, -0.2) is 0 Å². The summed E-state index contributed by atoms with van der Waals surface area (Å²) in [5.41, 5.74) is 0.703. The standard InChI is InChI=1S/C6H5N3O/c1-2-5-6(10-3-1)7-4-8-9-5/h1-2,4H,3H2. The lowest BCUT2D eigenvalue weighted by Crippen LogP contribution is -2.04. The Hall–Kier alpha value is -1.45. The first kappa shape index (κ1) is 5.34. The summed E-state index contributed by atoms with van der Waals surface area (Å²) in [6, 6.07) is 0. The maximum atomic E-state index is 5.12. The van der Waals surface area contributed by atoms with Crippen molar-refractivity contribution in [1.82, 2.24) is 15.2 Å². The van der Waals surface area contributed by atoms with Crippen LogP contribution in [0, 0.1) is 0 Å². The summed E-state index contributed by atoms with van der Waals surface area (Å²) in [6.07, 6.45) is 5.09. The van der Waals surface area contributed by atoms with Gasteiger partial charge in [-0.15, -0.1) is 10.2 Å². The van der Waals surface area contributed by atoms with Gasteiger partial charge in [0.15, 0.2) is 0 Å². The van der Waals surface area contributed by atoms with Crippen LogP contribution in [0.4, 0.5) is 0 Å². The van der Waals surface area contributed by atoms with E-state index in [1.165, 1.54) is 6.33 Å². The fourth-order valence-corrected chi connectivity index (χ4v) is 0.778. The molecule has 4 nitrogen and oxygen atoms in total. The molecule has 2 rings (SSSR count). The van der Waals surface area contributed by atoms with Crippen molar-refractivity contribution in [2.45, 2.75) is 0 Å². The number of hydrogen-bond acceptors (Lipinski definition) is 4. The molecule has 0 amide bonds. The maximum absolute atomic E-state index is 5.12. The second-order valence-electron chi connectivity index (χ2n) is 1.86. The number of hydrogen-bond donors (Lipinski definition) is 0. The Kier molecular flexibility index (Phi) is 1.10. The Morgan fingerprint density at radius 1 is 1.50 bits per heavy atom. The smallest absolute Gasteiger partial charge is 0.243 e. The first-order valence-electron chi connectivity index (χ1n) is 2.94. The summed E-state index contributed by atoms with van der Waals surface area (Å²) in [4.78, 5) is 3.87. The molecule has 0 saturated heterocycles. The van der Waals surface area contributed by atoms with Crippen molar-refractivity contribution < 1.29 is 4.74 Å². The summed E-state index contributed by atoms with van der Waals surface area (Å²) in [5.74, 6) is 0.567. The van der Waals surface area contributed by atoms with Crippen LogP contribution in [-0.2, 0) is 0 Å². The fourth-order valence-electron chi connectivity index (χ4n) is 0.778. The van der Waals surface area contributed by atoms with Gasteiger partial charge in [0.25, 0.3) is 0 Å². The Morgan fingerprint density at radius 2 is 2.50 bits per heavy atom. The van der Waals surface area contributed by atoms with Crippen LogP contribution in [0.2, 0.25) is 0 Å². The van der Waals surface area contributed by atoms with Crippen molar-refractivity contribution in [1.29, 1.82) is 0 Å². The highest BCUT2D eigenvalue weighted by molar-refractivity contribution is 5.51. The molecule has 0 radical (unpaired) electrons. The van der Waals surface area contributed by atoms with E-state index >= 15 is 0 Å². The highest BCUT2D eigenvalue weighted by Gasteiger charge is 2.05. The van der Waals surface area contributed by atoms with E-state index < -0.39 is 0 Å². The van der Waals surface area contributed by atoms with Crippen molar-refractivity contribution in [3.8, 4) is 5.88 Å². The molecular weight excluding hydrogens is 130 g/mol. The minimum atomic E-state index is 0.567. The van der Waals surface area contributed by atoms with Gasteiger partial charge in [-0.1, -0.05) is 0 Å². The highest BCUT2D eigenvalue weighted by atomic mass is 16.5. The molecule has 0 aromatic carbocycles. The predicted molar refractivity (Wildman–Crippen MR) is 34.4 cm³/mol. The normalized spacial score (nSPS) is 14.0. The number of nitrogens with zero attached hydrogens (tertiary/aromatic N) is 3. The lowest BCUT2D eigenvalue weighted by Gasteiger charge is -2.06. The highest BCUT2D eigenvalue weighted by Crippen LogP contribution is 2.15. The van der Waals surface area contributed by atoms with E-state index in [0.29, 0.717) is 18.2 Å². The third-order valence-corrected chi connectivity index (χ3v) is 1.20. The lowest BCUT2D eigenvalue weighted by atomic mass is 10.3. The molecule has 0 fully saturated rings. The third kappa shape index (κ3) is 0.737. The molecule has 0 spiro atoms. The predicted octanol–water partition coefficient (Wildman–Crippen LogP) is 0.277. The zero-order valence-corrected chi connectivity index (χ0v) is 5.19. The Morgan fingerprint density at radius 3 is 3.40 bits per heavy atom. The molecule has 1 aliphatic rings. The SMILES string of the molecule is C1=Cc2nncnc2OC1. The molecule has 0 unspecified atom stereocenters. The topological polar surface area (TPSA) is 47.9 Å². The molecule has 50 valence electrons. The average Bonchev–Trinajstić information content (AvgIpc) is 2.05. The van der Waals surface area contributed by atoms with Crippen molar-refractivity contribution in [3.05, 3.63) is 18.1 Å². The van der Waals surface area contributed by atoms with Crippen LogP contribution in [0.15, 0.2) is 12.4 Å². The maximum Gasteiger partial charge on any atom is 0.243 e. The fraction of sp³-hybridized carbons (Fsp3) is 0.167. The summed E-state index contributed by atoms with van der Waals surface area (Å²) in [7, 11) is 0. The first-order chi connectivity index (χ1) is 4.97. The van der Waals surface area contributed by atoms with Crippen molar-refractivity contribution in [3.63, 3.8) is 0 Å². The van der Waals surface area contributed by atoms with E-state index in [0.717, 1.165) is 0 Å². The van der Waals surface area contributed by atoms with Gasteiger partial charge in [0, 0.05) is 0 Å². The average molecular weight is 135 g/mol. The van der Waals surface area contributed by atoms with Gasteiger partial charge < -0.3 is 4.74 Å². The van der Waals surface area contributed by atoms with Gasteiger partial charge in [0.05, 0.1) is 0 Å². The minimum Gasteiger partial charge on any atom is -0.472 e. The zero-order valence-electron chi connectivity index (χ0n) is 5.19. The van der Waals surface area contributed by atoms with E-state index in [9.17, 15) is 0 Å². The molecule has 0 saturated carbocycles. The largest absolute Gasteiger partial charge is 0.472 e. The molecule has 10 heavy (non-hydrogen) atoms. The second kappa shape index (κ2) is 2.06. The zero-order chi connectivity index (χ0) is 6.81. The summed E-state index contributed by atoms with van der Waals surface area (Å²) >= 11 is 0. The van der Waals surface area contributed by atoms with E-state index in [1.807, 2.05) is 12.2 Å². The van der Waals surface area contributed by atoms with Gasteiger partial charge in [0.2, 0.25) is 5.88 Å². The lowest BCUT2D eigenvalue weighted by molar-refractivity contribution is 0.339. The van der Waals surface area contributed by atoms with Crippen molar-refractivity contribution in [2.24, 2.45) is 0 Å². The van der Waals surface area contributed by atoms with Crippen molar-refractivity contribution >= 4 is 6.08 Å². The van der Waals surface area contributed by atoms with Gasteiger partial charge in [-0.3, -0.25) is 0 Å². The minimum absolute atomic E-state index is 0.567. The van der Waals surface area contributed by atoms with Gasteiger partial charge in [-0.2, -0.15) is 4.98 Å². The third-order valence-electron chi connectivity index (χ3n) is 1.20. The van der Waals surface area contributed by atoms with Crippen molar-refractivity contribution in [2.75, 3.05) is 6.61 Å². The number of ether oxygens (including phenoxy) is 1. The van der Waals surface area contributed by atoms with Crippen LogP contribution in [-0.4, -0.2) is 21.8 Å². The Labute approximate surface area is 57.6 Å². The Balaban J connectivity index is 2.54. The van der Waals surface area contributed by atoms with E-state index in [2.05, 4.69) is 15.2 Å². The summed E-state index contributed by atoms with van der Waals surface area (Å²) < 4.78 is 5.12. The van der Waals surface area contributed by atoms with Crippen LogP contribution >= 0.6 is 0 Å². The van der Waals surface area contributed by atoms with E-state index in [1.54, 1.807) is 0 Å². The molecule has 1 aliphatic heterocycles. The first-order valence-corrected chi connectivity index (χ1v) is 2.94. The van der Waals surface area contributed by atoms with Gasteiger partial charge in [-0.05, 0) is 12.2 Å². The number of fused-ring (bicyclic) bond motifs is 1. The molecule has 0 aliphatic carbocycles. The monoisotopic (exact) mass is 135 g/mol. The van der Waals surface area contributed by atoms with Crippen LogP contribution in [0.3, 0.4) is 0 Å². The number of rotatable bonds is 0. The Bertz CT molecular complexity index is 271. The van der Waals surface area contributed by atoms with Crippen LogP contribution in [0.5, 0.6) is 5.88 Å². The van der Waals surface area contributed by atoms with Crippen LogP contribution in [0.1, 0.15) is 5.69 Å². The molecule has 1 aromatic heterocycles. The second-order valence-corrected chi connectivity index (χ2v) is 1.86. The van der Waals surface area contributed by atoms with E-state index in [-0.39, 0.29) is 0 Å². The molecule has 1 aromatic rings. The molecule has 0 N–H and O–H groups in total. The number of aromatic nitrogens is 3. The molecule has 2 heterocycles.